The molecule has 0 rings (SSSR count). The third-order valence-corrected chi connectivity index (χ3v) is 1.64. The minimum Gasteiger partial charge on any atom is -0.463 e. The van der Waals surface area contributed by atoms with Crippen LogP contribution in [0.5, 0.6) is 0 Å². The van der Waals surface area contributed by atoms with Gasteiger partial charge in [0.05, 0.1) is 6.10 Å². The van der Waals surface area contributed by atoms with Gasteiger partial charge in [0.25, 0.3) is 0 Å². The molecule has 2 heteroatoms. The molecular formula is C9H18O2. The summed E-state index contributed by atoms with van der Waals surface area (Å²) in [5.74, 6) is -0.0544. The van der Waals surface area contributed by atoms with Gasteiger partial charge in [-0.25, -0.2) is 0 Å². The van der Waals surface area contributed by atoms with Crippen LogP contribution in [0.2, 0.25) is 0 Å². The van der Waals surface area contributed by atoms with Crippen LogP contribution in [0.1, 0.15) is 46.5 Å². The zero-order chi connectivity index (χ0) is 8.69. The lowest BCUT2D eigenvalue weighted by atomic mass is 10.2. The molecular weight excluding hydrogens is 140 g/mol. The Morgan fingerprint density at radius 3 is 2.55 bits per heavy atom. The molecule has 0 saturated carbocycles. The molecule has 1 unspecified atom stereocenters. The van der Waals surface area contributed by atoms with Crippen LogP contribution in [0.4, 0.5) is 0 Å². The maximum absolute atomic E-state index is 10.9. The number of hydrogen-bond donors (Lipinski definition) is 0. The highest BCUT2D eigenvalue weighted by Crippen LogP contribution is 2.01. The van der Waals surface area contributed by atoms with Gasteiger partial charge in [-0.05, 0) is 19.8 Å². The van der Waals surface area contributed by atoms with Crippen LogP contribution >= 0.6 is 0 Å². The predicted octanol–water partition coefficient (Wildman–Crippen LogP) is 2.52. The molecule has 0 aliphatic rings. The second kappa shape index (κ2) is 6.20. The van der Waals surface area contributed by atoms with E-state index < -0.39 is 0 Å². The lowest BCUT2D eigenvalue weighted by Gasteiger charge is -2.09. The fourth-order valence-corrected chi connectivity index (χ4v) is 0.688. The molecule has 11 heavy (non-hydrogen) atoms. The van der Waals surface area contributed by atoms with Crippen molar-refractivity contribution in [3.8, 4) is 0 Å². The number of esters is 1. The zero-order valence-corrected chi connectivity index (χ0v) is 7.72. The van der Waals surface area contributed by atoms with Crippen molar-refractivity contribution in [1.29, 1.82) is 0 Å². The molecule has 0 spiro atoms. The molecule has 0 N–H and O–H groups in total. The van der Waals surface area contributed by atoms with Crippen LogP contribution in [-0.2, 0) is 9.53 Å². The van der Waals surface area contributed by atoms with Gasteiger partial charge in [-0.15, -0.1) is 0 Å². The van der Waals surface area contributed by atoms with E-state index in [-0.39, 0.29) is 12.1 Å². The molecule has 66 valence electrons. The molecule has 0 amide bonds. The summed E-state index contributed by atoms with van der Waals surface area (Å²) in [7, 11) is 0. The summed E-state index contributed by atoms with van der Waals surface area (Å²) in [6.07, 6.45) is 3.54. The summed E-state index contributed by atoms with van der Waals surface area (Å²) in [5, 5.41) is 0. The van der Waals surface area contributed by atoms with Crippen molar-refractivity contribution < 1.29 is 9.53 Å². The maximum Gasteiger partial charge on any atom is 0.306 e. The molecule has 2 nitrogen and oxygen atoms in total. The van der Waals surface area contributed by atoms with Gasteiger partial charge in [0.2, 0.25) is 0 Å². The number of hydrogen-bond acceptors (Lipinski definition) is 2. The highest BCUT2D eigenvalue weighted by molar-refractivity contribution is 5.69. The Bertz CT molecular complexity index is 110. The van der Waals surface area contributed by atoms with E-state index in [9.17, 15) is 4.79 Å². The molecule has 0 radical (unpaired) electrons. The number of carbonyl (C=O) groups excluding carboxylic acids is 1. The Hall–Kier alpha value is -0.530. The van der Waals surface area contributed by atoms with E-state index >= 15 is 0 Å². The minimum absolute atomic E-state index is 0.0544. The molecule has 0 aliphatic heterocycles. The fourth-order valence-electron chi connectivity index (χ4n) is 0.688. The number of ether oxygens (including phenoxy) is 1. The minimum atomic E-state index is -0.0544. The first-order valence-electron chi connectivity index (χ1n) is 4.40. The second-order valence-electron chi connectivity index (χ2n) is 2.81. The Morgan fingerprint density at radius 1 is 1.45 bits per heavy atom. The standard InChI is InChI=1S/C9H18O2/c1-4-6-7-9(10)11-8(3)5-2/h8H,4-7H2,1-3H3. The first kappa shape index (κ1) is 10.5. The van der Waals surface area contributed by atoms with Crippen molar-refractivity contribution in [2.24, 2.45) is 0 Å². The fraction of sp³-hybridized carbons (Fsp3) is 0.889. The Balaban J connectivity index is 3.36. The first-order valence-corrected chi connectivity index (χ1v) is 4.40. The normalized spacial score (nSPS) is 12.6. The molecule has 0 heterocycles. The van der Waals surface area contributed by atoms with Crippen LogP contribution in [0, 0.1) is 0 Å². The Morgan fingerprint density at radius 2 is 2.09 bits per heavy atom. The van der Waals surface area contributed by atoms with Gasteiger partial charge in [-0.3, -0.25) is 4.79 Å². The van der Waals surface area contributed by atoms with Gasteiger partial charge in [0.1, 0.15) is 0 Å². The highest BCUT2D eigenvalue weighted by Gasteiger charge is 2.05. The van der Waals surface area contributed by atoms with Crippen molar-refractivity contribution in [3.05, 3.63) is 0 Å². The van der Waals surface area contributed by atoms with Crippen molar-refractivity contribution in [2.75, 3.05) is 0 Å². The first-order chi connectivity index (χ1) is 5.20. The van der Waals surface area contributed by atoms with E-state index in [1.54, 1.807) is 0 Å². The summed E-state index contributed by atoms with van der Waals surface area (Å²) in [4.78, 5) is 10.9. The van der Waals surface area contributed by atoms with Gasteiger partial charge < -0.3 is 4.74 Å². The average molecular weight is 158 g/mol. The molecule has 0 aromatic rings. The monoisotopic (exact) mass is 158 g/mol. The number of rotatable bonds is 5. The third-order valence-electron chi connectivity index (χ3n) is 1.64. The average Bonchev–Trinajstić information content (AvgIpc) is 2.00. The molecule has 0 aliphatic carbocycles. The predicted molar refractivity (Wildman–Crippen MR) is 45.4 cm³/mol. The van der Waals surface area contributed by atoms with Crippen LogP contribution in [0.25, 0.3) is 0 Å². The number of carbonyl (C=O) groups is 1. The van der Waals surface area contributed by atoms with Gasteiger partial charge in [-0.2, -0.15) is 0 Å². The SMILES string of the molecule is CCCCC(=O)OC(C)CC. The smallest absolute Gasteiger partial charge is 0.306 e. The van der Waals surface area contributed by atoms with E-state index in [1.165, 1.54) is 0 Å². The molecule has 0 fully saturated rings. The van der Waals surface area contributed by atoms with E-state index in [0.717, 1.165) is 19.3 Å². The van der Waals surface area contributed by atoms with E-state index in [1.807, 2.05) is 13.8 Å². The van der Waals surface area contributed by atoms with Crippen LogP contribution < -0.4 is 0 Å². The Labute approximate surface area is 68.9 Å². The molecule has 0 aromatic heterocycles. The quantitative estimate of drug-likeness (QED) is 0.575. The van der Waals surface area contributed by atoms with Crippen molar-refractivity contribution >= 4 is 5.97 Å². The second-order valence-corrected chi connectivity index (χ2v) is 2.81. The van der Waals surface area contributed by atoms with E-state index in [2.05, 4.69) is 6.92 Å². The van der Waals surface area contributed by atoms with Crippen molar-refractivity contribution in [3.63, 3.8) is 0 Å². The van der Waals surface area contributed by atoms with Crippen LogP contribution in [0.3, 0.4) is 0 Å². The summed E-state index contributed by atoms with van der Waals surface area (Å²) < 4.78 is 5.06. The topological polar surface area (TPSA) is 26.3 Å². The largest absolute Gasteiger partial charge is 0.463 e. The summed E-state index contributed by atoms with van der Waals surface area (Å²) in [6.45, 7) is 6.00. The highest BCUT2D eigenvalue weighted by atomic mass is 16.5. The number of unbranched alkanes of at least 4 members (excludes halogenated alkanes) is 1. The molecule has 0 aromatic carbocycles. The summed E-state index contributed by atoms with van der Waals surface area (Å²) in [6, 6.07) is 0. The van der Waals surface area contributed by atoms with E-state index in [4.69, 9.17) is 4.74 Å². The van der Waals surface area contributed by atoms with Gasteiger partial charge in [0.15, 0.2) is 0 Å². The van der Waals surface area contributed by atoms with Crippen LogP contribution in [0.15, 0.2) is 0 Å². The van der Waals surface area contributed by atoms with Crippen molar-refractivity contribution in [2.45, 2.75) is 52.6 Å². The third kappa shape index (κ3) is 5.89. The van der Waals surface area contributed by atoms with Gasteiger partial charge in [-0.1, -0.05) is 20.3 Å². The maximum atomic E-state index is 10.9. The lowest BCUT2D eigenvalue weighted by molar-refractivity contribution is -0.148. The summed E-state index contributed by atoms with van der Waals surface area (Å²) in [5.41, 5.74) is 0. The molecule has 1 atom stereocenters. The Kier molecular flexibility index (Phi) is 5.90. The van der Waals surface area contributed by atoms with Crippen molar-refractivity contribution in [1.82, 2.24) is 0 Å². The van der Waals surface area contributed by atoms with Gasteiger partial charge >= 0.3 is 5.97 Å². The van der Waals surface area contributed by atoms with E-state index in [0.29, 0.717) is 6.42 Å². The molecule has 0 saturated heterocycles. The lowest BCUT2D eigenvalue weighted by Crippen LogP contribution is -2.13. The summed E-state index contributed by atoms with van der Waals surface area (Å²) >= 11 is 0. The van der Waals surface area contributed by atoms with Crippen LogP contribution in [-0.4, -0.2) is 12.1 Å². The van der Waals surface area contributed by atoms with Gasteiger partial charge in [0, 0.05) is 6.42 Å². The zero-order valence-electron chi connectivity index (χ0n) is 7.72. The molecule has 0 bridgehead atoms.